The molecule has 4 nitrogen and oxygen atoms in total. The third kappa shape index (κ3) is 4.85. The van der Waals surface area contributed by atoms with Crippen molar-refractivity contribution in [3.8, 4) is 0 Å². The van der Waals surface area contributed by atoms with Crippen LogP contribution in [0.5, 0.6) is 0 Å². The zero-order valence-electron chi connectivity index (χ0n) is 16.1. The lowest BCUT2D eigenvalue weighted by Crippen LogP contribution is -2.46. The minimum absolute atomic E-state index is 0.0326. The smallest absolute Gasteiger partial charge is 0.265 e. The predicted octanol–water partition coefficient (Wildman–Crippen LogP) is 5.27. The number of carbonyl (C=O) groups is 2. The molecule has 4 rings (SSSR count). The lowest BCUT2D eigenvalue weighted by Gasteiger charge is -2.31. The van der Waals surface area contributed by atoms with Crippen molar-refractivity contribution in [3.63, 3.8) is 0 Å². The van der Waals surface area contributed by atoms with Gasteiger partial charge in [0.25, 0.3) is 5.91 Å². The first kappa shape index (κ1) is 20.0. The van der Waals surface area contributed by atoms with Crippen molar-refractivity contribution in [2.24, 2.45) is 0 Å². The molecule has 1 aliphatic heterocycles. The van der Waals surface area contributed by atoms with Gasteiger partial charge in [0.2, 0.25) is 5.91 Å². The normalized spacial score (nSPS) is 18.6. The number of rotatable bonds is 4. The van der Waals surface area contributed by atoms with Gasteiger partial charge in [0.15, 0.2) is 0 Å². The van der Waals surface area contributed by atoms with Crippen LogP contribution in [0.25, 0.3) is 6.08 Å². The van der Waals surface area contributed by atoms with Crippen molar-refractivity contribution >= 4 is 46.9 Å². The molecule has 2 aliphatic rings. The molecule has 150 valence electrons. The third-order valence-corrected chi connectivity index (χ3v) is 6.60. The predicted molar refractivity (Wildman–Crippen MR) is 119 cm³/mol. The standard InChI is InChI=1S/C23H23ClN2O2S/c24-17-12-10-16(11-13-17)14-21-23(28)26(19-8-4-5-9-20(19)29-21)15-22(27)25-18-6-2-1-3-7-18/h4-5,8-14,18H,1-3,6-7,15H2,(H,25,27). The molecule has 0 atom stereocenters. The first-order valence-corrected chi connectivity index (χ1v) is 11.1. The van der Waals surface area contributed by atoms with E-state index in [-0.39, 0.29) is 24.4 Å². The summed E-state index contributed by atoms with van der Waals surface area (Å²) in [5.74, 6) is -0.250. The number of benzene rings is 2. The Bertz CT molecular complexity index is 936. The molecule has 1 saturated carbocycles. The molecule has 1 aliphatic carbocycles. The van der Waals surface area contributed by atoms with Crippen molar-refractivity contribution < 1.29 is 9.59 Å². The van der Waals surface area contributed by atoms with Crippen molar-refractivity contribution in [3.05, 3.63) is 64.0 Å². The van der Waals surface area contributed by atoms with Gasteiger partial charge in [-0.1, -0.05) is 66.9 Å². The molecule has 0 spiro atoms. The minimum atomic E-state index is -0.151. The molecular weight excluding hydrogens is 404 g/mol. The number of hydrogen-bond donors (Lipinski definition) is 1. The molecule has 0 aromatic heterocycles. The highest BCUT2D eigenvalue weighted by Gasteiger charge is 2.31. The lowest BCUT2D eigenvalue weighted by atomic mass is 9.95. The molecule has 0 bridgehead atoms. The van der Waals surface area contributed by atoms with E-state index in [0.717, 1.165) is 41.8 Å². The molecule has 6 heteroatoms. The van der Waals surface area contributed by atoms with Gasteiger partial charge in [-0.05, 0) is 48.7 Å². The Balaban J connectivity index is 1.57. The highest BCUT2D eigenvalue weighted by Crippen LogP contribution is 2.41. The molecule has 2 aromatic carbocycles. The van der Waals surface area contributed by atoms with Gasteiger partial charge in [-0.25, -0.2) is 0 Å². The summed E-state index contributed by atoms with van der Waals surface area (Å²) in [7, 11) is 0. The Labute approximate surface area is 180 Å². The lowest BCUT2D eigenvalue weighted by molar-refractivity contribution is -0.123. The van der Waals surface area contributed by atoms with Gasteiger partial charge in [0, 0.05) is 16.0 Å². The number of fused-ring (bicyclic) bond motifs is 1. The van der Waals surface area contributed by atoms with Gasteiger partial charge in [0.1, 0.15) is 6.54 Å². The molecule has 1 fully saturated rings. The van der Waals surface area contributed by atoms with E-state index in [1.165, 1.54) is 18.2 Å². The number of nitrogens with zero attached hydrogens (tertiary/aromatic N) is 1. The zero-order valence-corrected chi connectivity index (χ0v) is 17.6. The van der Waals surface area contributed by atoms with E-state index in [4.69, 9.17) is 11.6 Å². The monoisotopic (exact) mass is 426 g/mol. The number of nitrogens with one attached hydrogen (secondary N) is 1. The van der Waals surface area contributed by atoms with Gasteiger partial charge in [-0.3, -0.25) is 14.5 Å². The number of hydrogen-bond acceptors (Lipinski definition) is 3. The first-order chi connectivity index (χ1) is 14.1. The quantitative estimate of drug-likeness (QED) is 0.677. The summed E-state index contributed by atoms with van der Waals surface area (Å²) in [6.07, 6.45) is 7.44. The molecule has 1 heterocycles. The van der Waals surface area contributed by atoms with Crippen LogP contribution in [0, 0.1) is 0 Å². The van der Waals surface area contributed by atoms with E-state index >= 15 is 0 Å². The average molecular weight is 427 g/mol. The Morgan fingerprint density at radius 1 is 1.10 bits per heavy atom. The van der Waals surface area contributed by atoms with E-state index in [0.29, 0.717) is 9.93 Å². The summed E-state index contributed by atoms with van der Waals surface area (Å²) in [5.41, 5.74) is 1.69. The SMILES string of the molecule is O=C(CN1C(=O)C(=Cc2ccc(Cl)cc2)Sc2ccccc21)NC1CCCCC1. The summed E-state index contributed by atoms with van der Waals surface area (Å²) >= 11 is 7.40. The van der Waals surface area contributed by atoms with Crippen molar-refractivity contribution in [1.29, 1.82) is 0 Å². The van der Waals surface area contributed by atoms with Crippen molar-refractivity contribution in [2.45, 2.75) is 43.0 Å². The topological polar surface area (TPSA) is 49.4 Å². The van der Waals surface area contributed by atoms with Gasteiger partial charge < -0.3 is 5.32 Å². The maximum atomic E-state index is 13.2. The van der Waals surface area contributed by atoms with E-state index in [2.05, 4.69) is 5.32 Å². The van der Waals surface area contributed by atoms with Crippen LogP contribution in [0.2, 0.25) is 5.02 Å². The Morgan fingerprint density at radius 3 is 2.59 bits per heavy atom. The summed E-state index contributed by atoms with van der Waals surface area (Å²) in [5, 5.41) is 3.77. The minimum Gasteiger partial charge on any atom is -0.352 e. The Hall–Kier alpha value is -2.24. The fraction of sp³-hybridized carbons (Fsp3) is 0.304. The van der Waals surface area contributed by atoms with Crippen LogP contribution in [0.15, 0.2) is 58.3 Å². The highest BCUT2D eigenvalue weighted by atomic mass is 35.5. The van der Waals surface area contributed by atoms with Crippen LogP contribution in [-0.2, 0) is 9.59 Å². The molecule has 29 heavy (non-hydrogen) atoms. The van der Waals surface area contributed by atoms with Crippen molar-refractivity contribution in [1.82, 2.24) is 5.32 Å². The van der Waals surface area contributed by atoms with E-state index in [1.807, 2.05) is 42.5 Å². The second-order valence-corrected chi connectivity index (χ2v) is 8.94. The van der Waals surface area contributed by atoms with Crippen LogP contribution in [-0.4, -0.2) is 24.4 Å². The zero-order chi connectivity index (χ0) is 20.2. The fourth-order valence-electron chi connectivity index (χ4n) is 3.79. The maximum absolute atomic E-state index is 13.2. The van der Waals surface area contributed by atoms with E-state index < -0.39 is 0 Å². The summed E-state index contributed by atoms with van der Waals surface area (Å²) in [4.78, 5) is 29.1. The number of anilines is 1. The molecule has 0 radical (unpaired) electrons. The van der Waals surface area contributed by atoms with Crippen LogP contribution < -0.4 is 10.2 Å². The maximum Gasteiger partial charge on any atom is 0.265 e. The molecule has 2 aromatic rings. The Kier molecular flexibility index (Phi) is 6.26. The van der Waals surface area contributed by atoms with E-state index in [9.17, 15) is 9.59 Å². The number of para-hydroxylation sites is 1. The van der Waals surface area contributed by atoms with Gasteiger partial charge >= 0.3 is 0 Å². The summed E-state index contributed by atoms with van der Waals surface area (Å²) in [6, 6.07) is 15.3. The average Bonchev–Trinajstić information content (AvgIpc) is 2.73. The van der Waals surface area contributed by atoms with E-state index in [1.54, 1.807) is 17.0 Å². The fourth-order valence-corrected chi connectivity index (χ4v) is 4.98. The number of carbonyl (C=O) groups excluding carboxylic acids is 2. The molecule has 1 N–H and O–H groups in total. The summed E-state index contributed by atoms with van der Waals surface area (Å²) < 4.78 is 0. The van der Waals surface area contributed by atoms with Gasteiger partial charge in [0.05, 0.1) is 10.6 Å². The number of amides is 2. The number of halogens is 1. The molecule has 2 amide bonds. The van der Waals surface area contributed by atoms with Crippen LogP contribution in [0.1, 0.15) is 37.7 Å². The van der Waals surface area contributed by atoms with Crippen LogP contribution >= 0.6 is 23.4 Å². The van der Waals surface area contributed by atoms with Crippen LogP contribution in [0.4, 0.5) is 5.69 Å². The highest BCUT2D eigenvalue weighted by molar-refractivity contribution is 8.04. The summed E-state index contributed by atoms with van der Waals surface area (Å²) in [6.45, 7) is 0.0326. The van der Waals surface area contributed by atoms with Gasteiger partial charge in [-0.2, -0.15) is 0 Å². The number of thioether (sulfide) groups is 1. The first-order valence-electron chi connectivity index (χ1n) is 9.95. The molecular formula is C23H23ClN2O2S. The second kappa shape index (κ2) is 9.06. The molecule has 0 saturated heterocycles. The van der Waals surface area contributed by atoms with Crippen LogP contribution in [0.3, 0.4) is 0 Å². The van der Waals surface area contributed by atoms with Gasteiger partial charge in [-0.15, -0.1) is 0 Å². The van der Waals surface area contributed by atoms with Crippen molar-refractivity contribution in [2.75, 3.05) is 11.4 Å². The Morgan fingerprint density at radius 2 is 1.83 bits per heavy atom. The second-order valence-electron chi connectivity index (χ2n) is 7.42. The largest absolute Gasteiger partial charge is 0.352 e. The third-order valence-electron chi connectivity index (χ3n) is 5.27. The molecule has 0 unspecified atom stereocenters.